The Morgan fingerprint density at radius 1 is 1.33 bits per heavy atom. The van der Waals surface area contributed by atoms with Gasteiger partial charge in [-0.25, -0.2) is 8.42 Å². The molecule has 0 bridgehead atoms. The van der Waals surface area contributed by atoms with E-state index in [1.807, 2.05) is 0 Å². The molecular weight excluding hydrogens is 320 g/mol. The third-order valence-corrected chi connectivity index (χ3v) is 5.35. The molecule has 21 heavy (non-hydrogen) atoms. The number of primary amides is 1. The van der Waals surface area contributed by atoms with E-state index >= 15 is 0 Å². The van der Waals surface area contributed by atoms with Gasteiger partial charge < -0.3 is 10.8 Å². The van der Waals surface area contributed by atoms with Crippen LogP contribution in [0.5, 0.6) is 0 Å². The van der Waals surface area contributed by atoms with Crippen LogP contribution in [-0.2, 0) is 14.8 Å². The van der Waals surface area contributed by atoms with Crippen molar-refractivity contribution in [1.29, 1.82) is 0 Å². The van der Waals surface area contributed by atoms with E-state index in [9.17, 15) is 18.0 Å². The molecule has 0 spiro atoms. The molecule has 1 unspecified atom stereocenters. The van der Waals surface area contributed by atoms with Crippen LogP contribution in [0.15, 0.2) is 23.1 Å². The normalized spacial score (nSPS) is 19.6. The Balaban J connectivity index is 2.37. The maximum atomic E-state index is 12.5. The van der Waals surface area contributed by atoms with E-state index < -0.39 is 27.8 Å². The highest BCUT2D eigenvalue weighted by molar-refractivity contribution is 7.89. The van der Waals surface area contributed by atoms with Crippen molar-refractivity contribution in [3.05, 3.63) is 28.8 Å². The number of halogens is 1. The number of benzene rings is 1. The van der Waals surface area contributed by atoms with Gasteiger partial charge >= 0.3 is 5.97 Å². The van der Waals surface area contributed by atoms with Crippen molar-refractivity contribution in [3.63, 3.8) is 0 Å². The average molecular weight is 333 g/mol. The fourth-order valence-corrected chi connectivity index (χ4v) is 4.02. The number of aliphatic carboxylic acids is 1. The monoisotopic (exact) mass is 332 g/mol. The second-order valence-electron chi connectivity index (χ2n) is 4.73. The first kappa shape index (κ1) is 15.7. The van der Waals surface area contributed by atoms with E-state index in [0.29, 0.717) is 0 Å². The van der Waals surface area contributed by atoms with Gasteiger partial charge in [-0.1, -0.05) is 11.6 Å². The summed E-state index contributed by atoms with van der Waals surface area (Å²) in [5, 5.41) is 8.99. The number of hydrogen-bond donors (Lipinski definition) is 2. The van der Waals surface area contributed by atoms with Crippen LogP contribution in [-0.4, -0.2) is 42.8 Å². The number of hydrogen-bond acceptors (Lipinski definition) is 4. The summed E-state index contributed by atoms with van der Waals surface area (Å²) in [7, 11) is -3.91. The van der Waals surface area contributed by atoms with Crippen LogP contribution in [0.1, 0.15) is 16.8 Å². The molecule has 1 saturated heterocycles. The summed E-state index contributed by atoms with van der Waals surface area (Å²) < 4.78 is 26.0. The van der Waals surface area contributed by atoms with Gasteiger partial charge in [-0.3, -0.25) is 9.59 Å². The van der Waals surface area contributed by atoms with E-state index in [2.05, 4.69) is 0 Å². The van der Waals surface area contributed by atoms with E-state index in [0.717, 1.165) is 10.4 Å². The van der Waals surface area contributed by atoms with E-state index in [1.54, 1.807) is 0 Å². The molecule has 1 heterocycles. The maximum Gasteiger partial charge on any atom is 0.307 e. The molecule has 2 rings (SSSR count). The highest BCUT2D eigenvalue weighted by Crippen LogP contribution is 2.27. The van der Waals surface area contributed by atoms with Crippen molar-refractivity contribution >= 4 is 33.5 Å². The lowest BCUT2D eigenvalue weighted by atomic mass is 10.1. The molecule has 3 N–H and O–H groups in total. The Hall–Kier alpha value is -1.64. The van der Waals surface area contributed by atoms with E-state index in [-0.39, 0.29) is 35.0 Å². The Morgan fingerprint density at radius 3 is 2.52 bits per heavy atom. The number of carboxylic acids is 1. The number of carbonyl (C=O) groups is 2. The topological polar surface area (TPSA) is 118 Å². The third-order valence-electron chi connectivity index (χ3n) is 3.29. The zero-order valence-corrected chi connectivity index (χ0v) is 12.4. The molecule has 0 radical (unpaired) electrons. The van der Waals surface area contributed by atoms with Crippen molar-refractivity contribution in [2.45, 2.75) is 11.3 Å². The maximum absolute atomic E-state index is 12.5. The van der Waals surface area contributed by atoms with E-state index in [4.69, 9.17) is 22.4 Å². The molecule has 0 aromatic heterocycles. The number of rotatable bonds is 4. The van der Waals surface area contributed by atoms with Crippen LogP contribution < -0.4 is 5.73 Å². The molecular formula is C12H13ClN2O5S. The van der Waals surface area contributed by atoms with Crippen molar-refractivity contribution < 1.29 is 23.1 Å². The van der Waals surface area contributed by atoms with Gasteiger partial charge in [0.15, 0.2) is 0 Å². The number of nitrogens with two attached hydrogens (primary N) is 1. The van der Waals surface area contributed by atoms with Gasteiger partial charge in [-0.2, -0.15) is 4.31 Å². The average Bonchev–Trinajstić information content (AvgIpc) is 2.88. The first-order valence-corrected chi connectivity index (χ1v) is 7.87. The molecule has 1 atom stereocenters. The minimum absolute atomic E-state index is 0.0185. The second kappa shape index (κ2) is 5.63. The number of nitrogens with zero attached hydrogens (tertiary/aromatic N) is 1. The van der Waals surface area contributed by atoms with Gasteiger partial charge in [0, 0.05) is 23.7 Å². The molecule has 1 aromatic carbocycles. The first-order chi connectivity index (χ1) is 9.71. The predicted octanol–water partition coefficient (Wildman–Crippen LogP) is 0.534. The van der Waals surface area contributed by atoms with Gasteiger partial charge in [0.25, 0.3) is 0 Å². The lowest BCUT2D eigenvalue weighted by Gasteiger charge is -2.16. The largest absolute Gasteiger partial charge is 0.481 e. The van der Waals surface area contributed by atoms with Gasteiger partial charge in [0.2, 0.25) is 15.9 Å². The molecule has 1 aliphatic rings. The van der Waals surface area contributed by atoms with Crippen LogP contribution in [0, 0.1) is 5.92 Å². The summed E-state index contributed by atoms with van der Waals surface area (Å²) >= 11 is 5.80. The van der Waals surface area contributed by atoms with E-state index in [1.165, 1.54) is 12.1 Å². The molecule has 9 heteroatoms. The van der Waals surface area contributed by atoms with Crippen molar-refractivity contribution in [3.8, 4) is 0 Å². The SMILES string of the molecule is NC(=O)c1cc(Cl)cc(S(=O)(=O)N2CCC(C(=O)O)C2)c1. The summed E-state index contributed by atoms with van der Waals surface area (Å²) in [5.74, 6) is -2.55. The number of sulfonamides is 1. The Morgan fingerprint density at radius 2 is 2.00 bits per heavy atom. The van der Waals surface area contributed by atoms with Gasteiger partial charge in [0.1, 0.15) is 0 Å². The summed E-state index contributed by atoms with van der Waals surface area (Å²) in [5.41, 5.74) is 5.11. The zero-order valence-electron chi connectivity index (χ0n) is 10.8. The highest BCUT2D eigenvalue weighted by Gasteiger charge is 2.36. The smallest absolute Gasteiger partial charge is 0.307 e. The fourth-order valence-electron chi connectivity index (χ4n) is 2.15. The molecule has 0 saturated carbocycles. The van der Waals surface area contributed by atoms with Crippen molar-refractivity contribution in [1.82, 2.24) is 4.31 Å². The summed E-state index contributed by atoms with van der Waals surface area (Å²) in [6.07, 6.45) is 0.248. The predicted molar refractivity (Wildman–Crippen MR) is 74.5 cm³/mol. The Labute approximate surface area is 126 Å². The minimum Gasteiger partial charge on any atom is -0.481 e. The van der Waals surface area contributed by atoms with Crippen LogP contribution in [0.25, 0.3) is 0 Å². The minimum atomic E-state index is -3.91. The molecule has 114 valence electrons. The Bertz CT molecular complexity index is 704. The zero-order chi connectivity index (χ0) is 15.8. The third kappa shape index (κ3) is 3.17. The molecule has 0 aliphatic carbocycles. The quantitative estimate of drug-likeness (QED) is 0.834. The number of carbonyl (C=O) groups excluding carboxylic acids is 1. The standard InChI is InChI=1S/C12H13ClN2O5S/c13-9-3-8(11(14)16)4-10(5-9)21(19,20)15-2-1-7(6-15)12(17)18/h3-5,7H,1-2,6H2,(H2,14,16)(H,17,18). The lowest BCUT2D eigenvalue weighted by Crippen LogP contribution is -2.30. The molecule has 7 nitrogen and oxygen atoms in total. The molecule has 1 fully saturated rings. The summed E-state index contributed by atoms with van der Waals surface area (Å²) in [6, 6.07) is 3.61. The molecule has 1 amide bonds. The van der Waals surface area contributed by atoms with Gasteiger partial charge in [-0.15, -0.1) is 0 Å². The molecule has 1 aromatic rings. The van der Waals surface area contributed by atoms with Crippen molar-refractivity contribution in [2.24, 2.45) is 11.7 Å². The van der Waals surface area contributed by atoms with Crippen LogP contribution >= 0.6 is 11.6 Å². The number of amides is 1. The van der Waals surface area contributed by atoms with Gasteiger partial charge in [0.05, 0.1) is 10.8 Å². The van der Waals surface area contributed by atoms with Crippen LogP contribution in [0.2, 0.25) is 5.02 Å². The van der Waals surface area contributed by atoms with Crippen molar-refractivity contribution in [2.75, 3.05) is 13.1 Å². The summed E-state index contributed by atoms with van der Waals surface area (Å²) in [4.78, 5) is 21.9. The van der Waals surface area contributed by atoms with Gasteiger partial charge in [-0.05, 0) is 24.6 Å². The molecule has 1 aliphatic heterocycles. The first-order valence-electron chi connectivity index (χ1n) is 6.05. The second-order valence-corrected chi connectivity index (χ2v) is 7.10. The van der Waals surface area contributed by atoms with Crippen LogP contribution in [0.3, 0.4) is 0 Å². The highest BCUT2D eigenvalue weighted by atomic mass is 35.5. The lowest BCUT2D eigenvalue weighted by molar-refractivity contribution is -0.141. The number of carboxylic acid groups (broad SMARTS) is 1. The Kier molecular flexibility index (Phi) is 4.22. The fraction of sp³-hybridized carbons (Fsp3) is 0.333. The summed E-state index contributed by atoms with van der Waals surface area (Å²) in [6.45, 7) is 0.00774. The van der Waals surface area contributed by atoms with Crippen LogP contribution in [0.4, 0.5) is 0 Å².